The summed E-state index contributed by atoms with van der Waals surface area (Å²) in [5.41, 5.74) is 0. The molecular weight excluding hydrogens is 174 g/mol. The predicted molar refractivity (Wildman–Crippen MR) is 56.1 cm³/mol. The van der Waals surface area contributed by atoms with Gasteiger partial charge in [-0.1, -0.05) is 19.3 Å². The normalized spacial score (nSPS) is 32.0. The van der Waals surface area contributed by atoms with Gasteiger partial charge in [-0.25, -0.2) is 4.98 Å². The largest absolute Gasteiger partial charge is 0.367 e. The van der Waals surface area contributed by atoms with Gasteiger partial charge in [0.15, 0.2) is 0 Å². The second-order valence-corrected chi connectivity index (χ2v) is 4.65. The number of rotatable bonds is 3. The highest BCUT2D eigenvalue weighted by Crippen LogP contribution is 2.44. The Bertz CT molecular complexity index is 289. The lowest BCUT2D eigenvalue weighted by atomic mass is 9.64. The van der Waals surface area contributed by atoms with Crippen molar-refractivity contribution in [2.45, 2.75) is 38.1 Å². The average Bonchev–Trinajstić information content (AvgIpc) is 2.57. The third-order valence-electron chi connectivity index (χ3n) is 3.92. The van der Waals surface area contributed by atoms with E-state index in [1.165, 1.54) is 32.1 Å². The van der Waals surface area contributed by atoms with E-state index in [2.05, 4.69) is 15.3 Å². The van der Waals surface area contributed by atoms with Gasteiger partial charge in [0, 0.05) is 6.04 Å². The zero-order valence-electron chi connectivity index (χ0n) is 8.37. The number of H-pyrrole nitrogens is 1. The Morgan fingerprint density at radius 1 is 1.29 bits per heavy atom. The molecule has 1 aromatic heterocycles. The maximum atomic E-state index is 4.02. The van der Waals surface area contributed by atoms with Crippen molar-refractivity contribution < 1.29 is 0 Å². The van der Waals surface area contributed by atoms with Crippen LogP contribution >= 0.6 is 0 Å². The van der Waals surface area contributed by atoms with Gasteiger partial charge in [0.1, 0.15) is 5.82 Å². The minimum absolute atomic E-state index is 0.709. The summed E-state index contributed by atoms with van der Waals surface area (Å²) in [4.78, 5) is 7.13. The fourth-order valence-electron chi connectivity index (χ4n) is 2.67. The molecule has 0 amide bonds. The SMILES string of the molecule is c1ncc(NC2CCC2C2CCC2)[nH]1. The van der Waals surface area contributed by atoms with Gasteiger partial charge in [-0.15, -0.1) is 0 Å². The predicted octanol–water partition coefficient (Wildman–Crippen LogP) is 2.40. The van der Waals surface area contributed by atoms with Crippen molar-refractivity contribution in [1.82, 2.24) is 9.97 Å². The summed E-state index contributed by atoms with van der Waals surface area (Å²) in [6, 6.07) is 0.709. The molecule has 2 fully saturated rings. The summed E-state index contributed by atoms with van der Waals surface area (Å²) >= 11 is 0. The molecule has 14 heavy (non-hydrogen) atoms. The smallest absolute Gasteiger partial charge is 0.123 e. The number of anilines is 1. The fourth-order valence-corrected chi connectivity index (χ4v) is 2.67. The highest BCUT2D eigenvalue weighted by Gasteiger charge is 2.39. The molecule has 0 bridgehead atoms. The first-order valence-corrected chi connectivity index (χ1v) is 5.68. The van der Waals surface area contributed by atoms with Gasteiger partial charge < -0.3 is 10.3 Å². The molecule has 0 radical (unpaired) electrons. The summed E-state index contributed by atoms with van der Waals surface area (Å²) in [5.74, 6) is 3.04. The van der Waals surface area contributed by atoms with Crippen LogP contribution < -0.4 is 5.32 Å². The van der Waals surface area contributed by atoms with Crippen molar-refractivity contribution in [3.63, 3.8) is 0 Å². The number of aromatic nitrogens is 2. The van der Waals surface area contributed by atoms with Crippen LogP contribution in [0.5, 0.6) is 0 Å². The van der Waals surface area contributed by atoms with Gasteiger partial charge in [-0.3, -0.25) is 0 Å². The zero-order chi connectivity index (χ0) is 9.38. The number of imidazole rings is 1. The van der Waals surface area contributed by atoms with Crippen molar-refractivity contribution in [2.24, 2.45) is 11.8 Å². The van der Waals surface area contributed by atoms with Crippen LogP contribution in [0.25, 0.3) is 0 Å². The molecule has 76 valence electrons. The van der Waals surface area contributed by atoms with E-state index in [0.29, 0.717) is 6.04 Å². The van der Waals surface area contributed by atoms with Crippen molar-refractivity contribution in [1.29, 1.82) is 0 Å². The second kappa shape index (κ2) is 3.30. The van der Waals surface area contributed by atoms with Crippen molar-refractivity contribution in [3.8, 4) is 0 Å². The Hall–Kier alpha value is -0.990. The molecule has 0 aromatic carbocycles. The minimum atomic E-state index is 0.709. The van der Waals surface area contributed by atoms with Crippen LogP contribution in [0.3, 0.4) is 0 Å². The van der Waals surface area contributed by atoms with Crippen molar-refractivity contribution in [3.05, 3.63) is 12.5 Å². The lowest BCUT2D eigenvalue weighted by Gasteiger charge is -2.46. The fraction of sp³-hybridized carbons (Fsp3) is 0.727. The minimum Gasteiger partial charge on any atom is -0.367 e. The molecule has 1 aromatic rings. The Morgan fingerprint density at radius 2 is 2.21 bits per heavy atom. The van der Waals surface area contributed by atoms with E-state index >= 15 is 0 Å². The topological polar surface area (TPSA) is 40.7 Å². The van der Waals surface area contributed by atoms with Gasteiger partial charge in [-0.05, 0) is 24.7 Å². The molecule has 1 heterocycles. The molecular formula is C11H17N3. The maximum absolute atomic E-state index is 4.02. The number of nitrogens with one attached hydrogen (secondary N) is 2. The Kier molecular flexibility index (Phi) is 1.96. The van der Waals surface area contributed by atoms with E-state index in [4.69, 9.17) is 0 Å². The second-order valence-electron chi connectivity index (χ2n) is 4.65. The van der Waals surface area contributed by atoms with E-state index in [-0.39, 0.29) is 0 Å². The zero-order valence-corrected chi connectivity index (χ0v) is 8.37. The maximum Gasteiger partial charge on any atom is 0.123 e. The standard InChI is InChI=1S/C11H17N3/c1-2-8(3-1)9-4-5-10(9)14-11-6-12-7-13-11/h6-10,14H,1-5H2,(H,12,13). The molecule has 3 nitrogen and oxygen atoms in total. The van der Waals surface area contributed by atoms with Gasteiger partial charge in [0.05, 0.1) is 12.5 Å². The summed E-state index contributed by atoms with van der Waals surface area (Å²) in [6.45, 7) is 0. The van der Waals surface area contributed by atoms with Gasteiger partial charge in [-0.2, -0.15) is 0 Å². The third kappa shape index (κ3) is 1.31. The average molecular weight is 191 g/mol. The summed E-state index contributed by atoms with van der Waals surface area (Å²) in [6.07, 6.45) is 10.8. The first-order chi connectivity index (χ1) is 6.93. The summed E-state index contributed by atoms with van der Waals surface area (Å²) in [5, 5.41) is 3.54. The van der Waals surface area contributed by atoms with Crippen LogP contribution in [0.4, 0.5) is 5.82 Å². The lowest BCUT2D eigenvalue weighted by molar-refractivity contribution is 0.113. The van der Waals surface area contributed by atoms with Gasteiger partial charge in [0.25, 0.3) is 0 Å². The van der Waals surface area contributed by atoms with Gasteiger partial charge in [0.2, 0.25) is 0 Å². The lowest BCUT2D eigenvalue weighted by Crippen LogP contribution is -2.44. The molecule has 2 aliphatic rings. The van der Waals surface area contributed by atoms with Crippen LogP contribution in [-0.4, -0.2) is 16.0 Å². The molecule has 0 saturated heterocycles. The van der Waals surface area contributed by atoms with E-state index in [1.807, 2.05) is 6.20 Å². The van der Waals surface area contributed by atoms with Crippen LogP contribution in [0, 0.1) is 11.8 Å². The van der Waals surface area contributed by atoms with Crippen molar-refractivity contribution >= 4 is 5.82 Å². The molecule has 3 rings (SSSR count). The molecule has 3 heteroatoms. The molecule has 2 unspecified atom stereocenters. The number of hydrogen-bond donors (Lipinski definition) is 2. The summed E-state index contributed by atoms with van der Waals surface area (Å²) < 4.78 is 0. The van der Waals surface area contributed by atoms with E-state index in [0.717, 1.165) is 17.7 Å². The highest BCUT2D eigenvalue weighted by atomic mass is 15.1. The van der Waals surface area contributed by atoms with E-state index in [1.54, 1.807) is 6.33 Å². The quantitative estimate of drug-likeness (QED) is 0.770. The van der Waals surface area contributed by atoms with E-state index < -0.39 is 0 Å². The Balaban J connectivity index is 1.58. The number of hydrogen-bond acceptors (Lipinski definition) is 2. The Labute approximate surface area is 84.3 Å². The van der Waals surface area contributed by atoms with Crippen molar-refractivity contribution in [2.75, 3.05) is 5.32 Å². The first-order valence-electron chi connectivity index (χ1n) is 5.68. The Morgan fingerprint density at radius 3 is 2.71 bits per heavy atom. The number of nitrogens with zero attached hydrogens (tertiary/aromatic N) is 1. The summed E-state index contributed by atoms with van der Waals surface area (Å²) in [7, 11) is 0. The molecule has 0 aliphatic heterocycles. The molecule has 0 spiro atoms. The third-order valence-corrected chi connectivity index (χ3v) is 3.92. The molecule has 2 N–H and O–H groups in total. The van der Waals surface area contributed by atoms with E-state index in [9.17, 15) is 0 Å². The van der Waals surface area contributed by atoms with Crippen LogP contribution in [0.1, 0.15) is 32.1 Å². The highest BCUT2D eigenvalue weighted by molar-refractivity contribution is 5.33. The van der Waals surface area contributed by atoms with Gasteiger partial charge >= 0.3 is 0 Å². The van der Waals surface area contributed by atoms with Crippen LogP contribution in [-0.2, 0) is 0 Å². The molecule has 2 saturated carbocycles. The molecule has 2 aliphatic carbocycles. The molecule has 2 atom stereocenters. The van der Waals surface area contributed by atoms with Crippen LogP contribution in [0.2, 0.25) is 0 Å². The van der Waals surface area contributed by atoms with Crippen LogP contribution in [0.15, 0.2) is 12.5 Å². The monoisotopic (exact) mass is 191 g/mol. The number of aromatic amines is 1. The first kappa shape index (κ1) is 8.33.